The van der Waals surface area contributed by atoms with E-state index in [1.807, 2.05) is 6.92 Å². The lowest BCUT2D eigenvalue weighted by atomic mass is 9.95. The first-order valence-electron chi connectivity index (χ1n) is 6.67. The van der Waals surface area contributed by atoms with Crippen LogP contribution in [-0.4, -0.2) is 22.0 Å². The number of aliphatic carboxylic acids is 1. The lowest BCUT2D eigenvalue weighted by molar-refractivity contribution is -0.145. The van der Waals surface area contributed by atoms with Gasteiger partial charge in [0, 0.05) is 0 Å². The van der Waals surface area contributed by atoms with Crippen LogP contribution in [0, 0.1) is 23.7 Å². The SMILES string of the molecule is CCC1C[C@H](C(=O)Nc2cccc(F)n2)[C@H](C(=O)O)C1. The van der Waals surface area contributed by atoms with Crippen molar-refractivity contribution in [2.45, 2.75) is 26.2 Å². The molecule has 3 atom stereocenters. The van der Waals surface area contributed by atoms with Crippen LogP contribution >= 0.6 is 0 Å². The van der Waals surface area contributed by atoms with Gasteiger partial charge in [-0.15, -0.1) is 0 Å². The van der Waals surface area contributed by atoms with Gasteiger partial charge in [-0.05, 0) is 30.9 Å². The van der Waals surface area contributed by atoms with Gasteiger partial charge >= 0.3 is 5.97 Å². The molecule has 1 unspecified atom stereocenters. The number of amides is 1. The summed E-state index contributed by atoms with van der Waals surface area (Å²) < 4.78 is 13.0. The molecule has 0 aromatic carbocycles. The largest absolute Gasteiger partial charge is 0.481 e. The molecule has 0 aliphatic heterocycles. The summed E-state index contributed by atoms with van der Waals surface area (Å²) in [5.41, 5.74) is 0. The van der Waals surface area contributed by atoms with E-state index in [-0.39, 0.29) is 11.7 Å². The van der Waals surface area contributed by atoms with Crippen molar-refractivity contribution in [3.8, 4) is 0 Å². The van der Waals surface area contributed by atoms with Crippen molar-refractivity contribution >= 4 is 17.7 Å². The second-order valence-corrected chi connectivity index (χ2v) is 5.13. The fourth-order valence-corrected chi connectivity index (χ4v) is 2.74. The smallest absolute Gasteiger partial charge is 0.307 e. The quantitative estimate of drug-likeness (QED) is 0.829. The first-order chi connectivity index (χ1) is 9.51. The van der Waals surface area contributed by atoms with E-state index in [9.17, 15) is 19.1 Å². The molecule has 1 aromatic rings. The third-order valence-corrected chi connectivity index (χ3v) is 3.86. The third kappa shape index (κ3) is 3.12. The van der Waals surface area contributed by atoms with E-state index in [1.165, 1.54) is 18.2 Å². The number of carboxylic acids is 1. The molecule has 20 heavy (non-hydrogen) atoms. The minimum atomic E-state index is -0.951. The van der Waals surface area contributed by atoms with E-state index in [4.69, 9.17) is 0 Å². The summed E-state index contributed by atoms with van der Waals surface area (Å²) in [6, 6.07) is 4.09. The van der Waals surface area contributed by atoms with E-state index >= 15 is 0 Å². The minimum absolute atomic E-state index is 0.110. The van der Waals surface area contributed by atoms with Crippen molar-refractivity contribution in [1.82, 2.24) is 4.98 Å². The zero-order chi connectivity index (χ0) is 14.7. The Morgan fingerprint density at radius 2 is 2.10 bits per heavy atom. The van der Waals surface area contributed by atoms with Crippen molar-refractivity contribution in [1.29, 1.82) is 0 Å². The number of nitrogens with zero attached hydrogens (tertiary/aromatic N) is 1. The maximum Gasteiger partial charge on any atom is 0.307 e. The number of rotatable bonds is 4. The summed E-state index contributed by atoms with van der Waals surface area (Å²) in [5.74, 6) is -2.93. The Labute approximate surface area is 116 Å². The summed E-state index contributed by atoms with van der Waals surface area (Å²) in [6.45, 7) is 1.98. The standard InChI is InChI=1S/C14H17FN2O3/c1-2-8-6-9(10(7-8)14(19)20)13(18)17-12-5-3-4-11(15)16-12/h3-5,8-10H,2,6-7H2,1H3,(H,19,20)(H,16,17,18)/t8?,9-,10+/m0/s1. The van der Waals surface area contributed by atoms with Gasteiger partial charge in [-0.3, -0.25) is 9.59 Å². The molecule has 0 bridgehead atoms. The number of carboxylic acid groups (broad SMARTS) is 1. The molecule has 0 spiro atoms. The number of hydrogen-bond donors (Lipinski definition) is 2. The topological polar surface area (TPSA) is 79.3 Å². The second-order valence-electron chi connectivity index (χ2n) is 5.13. The molecule has 1 aromatic heterocycles. The molecule has 1 heterocycles. The number of carbonyl (C=O) groups is 2. The maximum atomic E-state index is 13.0. The van der Waals surface area contributed by atoms with E-state index in [0.29, 0.717) is 12.8 Å². The molecule has 6 heteroatoms. The Bertz CT molecular complexity index is 521. The van der Waals surface area contributed by atoms with Crippen LogP contribution < -0.4 is 5.32 Å². The highest BCUT2D eigenvalue weighted by molar-refractivity contribution is 5.94. The average molecular weight is 280 g/mol. The van der Waals surface area contributed by atoms with E-state index in [0.717, 1.165) is 6.42 Å². The molecule has 108 valence electrons. The normalized spacial score (nSPS) is 25.4. The molecular weight excluding hydrogens is 263 g/mol. The molecule has 1 aliphatic carbocycles. The summed E-state index contributed by atoms with van der Waals surface area (Å²) in [4.78, 5) is 26.9. The van der Waals surface area contributed by atoms with Gasteiger partial charge in [0.25, 0.3) is 0 Å². The number of nitrogens with one attached hydrogen (secondary N) is 1. The molecule has 1 amide bonds. The van der Waals surface area contributed by atoms with Gasteiger partial charge in [0.2, 0.25) is 11.9 Å². The molecule has 1 aliphatic rings. The summed E-state index contributed by atoms with van der Waals surface area (Å²) in [6.07, 6.45) is 1.92. The Hall–Kier alpha value is -1.98. The first-order valence-corrected chi connectivity index (χ1v) is 6.67. The highest BCUT2D eigenvalue weighted by Gasteiger charge is 2.42. The molecule has 1 fully saturated rings. The van der Waals surface area contributed by atoms with E-state index in [2.05, 4.69) is 10.3 Å². The van der Waals surface area contributed by atoms with Crippen molar-refractivity contribution in [3.05, 3.63) is 24.1 Å². The lowest BCUT2D eigenvalue weighted by Crippen LogP contribution is -2.30. The van der Waals surface area contributed by atoms with Crippen molar-refractivity contribution in [2.24, 2.45) is 17.8 Å². The number of anilines is 1. The molecule has 2 N–H and O–H groups in total. The second kappa shape index (κ2) is 5.98. The Morgan fingerprint density at radius 3 is 2.70 bits per heavy atom. The van der Waals surface area contributed by atoms with Crippen molar-refractivity contribution < 1.29 is 19.1 Å². The minimum Gasteiger partial charge on any atom is -0.481 e. The fraction of sp³-hybridized carbons (Fsp3) is 0.500. The number of hydrogen-bond acceptors (Lipinski definition) is 3. The first kappa shape index (κ1) is 14.4. The van der Waals surface area contributed by atoms with Gasteiger partial charge < -0.3 is 10.4 Å². The van der Waals surface area contributed by atoms with Crippen LogP contribution in [0.15, 0.2) is 18.2 Å². The zero-order valence-corrected chi connectivity index (χ0v) is 11.2. The van der Waals surface area contributed by atoms with Gasteiger partial charge in [-0.25, -0.2) is 4.98 Å². The van der Waals surface area contributed by atoms with Crippen LogP contribution in [0.1, 0.15) is 26.2 Å². The third-order valence-electron chi connectivity index (χ3n) is 3.86. The zero-order valence-electron chi connectivity index (χ0n) is 11.2. The number of aromatic nitrogens is 1. The van der Waals surface area contributed by atoms with Crippen molar-refractivity contribution in [2.75, 3.05) is 5.32 Å². The van der Waals surface area contributed by atoms with Gasteiger partial charge in [0.1, 0.15) is 5.82 Å². The van der Waals surface area contributed by atoms with Crippen LogP contribution in [0.4, 0.5) is 10.2 Å². The predicted molar refractivity (Wildman–Crippen MR) is 70.5 cm³/mol. The molecule has 5 nitrogen and oxygen atoms in total. The van der Waals surface area contributed by atoms with Crippen LogP contribution in [0.5, 0.6) is 0 Å². The summed E-state index contributed by atoms with van der Waals surface area (Å²) >= 11 is 0. The molecular formula is C14H17FN2O3. The number of carbonyl (C=O) groups excluding carboxylic acids is 1. The Balaban J connectivity index is 2.09. The monoisotopic (exact) mass is 280 g/mol. The van der Waals surface area contributed by atoms with Crippen LogP contribution in [-0.2, 0) is 9.59 Å². The molecule has 0 radical (unpaired) electrons. The number of pyridine rings is 1. The van der Waals surface area contributed by atoms with Crippen LogP contribution in [0.2, 0.25) is 0 Å². The molecule has 2 rings (SSSR count). The van der Waals surface area contributed by atoms with Crippen LogP contribution in [0.3, 0.4) is 0 Å². The lowest BCUT2D eigenvalue weighted by Gasteiger charge is -2.15. The Kier molecular flexibility index (Phi) is 4.32. The summed E-state index contributed by atoms with van der Waals surface area (Å²) in [7, 11) is 0. The van der Waals surface area contributed by atoms with Crippen molar-refractivity contribution in [3.63, 3.8) is 0 Å². The molecule has 1 saturated carbocycles. The fourth-order valence-electron chi connectivity index (χ4n) is 2.74. The number of halogens is 1. The molecule has 0 saturated heterocycles. The maximum absolute atomic E-state index is 13.0. The predicted octanol–water partition coefficient (Wildman–Crippen LogP) is 2.30. The van der Waals surface area contributed by atoms with Gasteiger partial charge in [0.15, 0.2) is 0 Å². The van der Waals surface area contributed by atoms with Gasteiger partial charge in [0.05, 0.1) is 11.8 Å². The highest BCUT2D eigenvalue weighted by atomic mass is 19.1. The van der Waals surface area contributed by atoms with Gasteiger partial charge in [-0.1, -0.05) is 19.4 Å². The highest BCUT2D eigenvalue weighted by Crippen LogP contribution is 2.38. The summed E-state index contributed by atoms with van der Waals surface area (Å²) in [5, 5.41) is 11.7. The van der Waals surface area contributed by atoms with Gasteiger partial charge in [-0.2, -0.15) is 4.39 Å². The van der Waals surface area contributed by atoms with Crippen LogP contribution in [0.25, 0.3) is 0 Å². The van der Waals surface area contributed by atoms with E-state index < -0.39 is 29.7 Å². The average Bonchev–Trinajstić information content (AvgIpc) is 2.83. The van der Waals surface area contributed by atoms with E-state index in [1.54, 1.807) is 0 Å². The Morgan fingerprint density at radius 1 is 1.40 bits per heavy atom.